The number of carbonyl (C=O) groups is 1. The molecule has 0 saturated heterocycles. The quantitative estimate of drug-likeness (QED) is 0.382. The van der Waals surface area contributed by atoms with E-state index in [0.29, 0.717) is 5.57 Å². The Bertz CT molecular complexity index is 98.6. The van der Waals surface area contributed by atoms with Gasteiger partial charge in [-0.2, -0.15) is 0 Å². The zero-order valence-electron chi connectivity index (χ0n) is 5.23. The van der Waals surface area contributed by atoms with Crippen LogP contribution in [-0.2, 0) is 9.53 Å². The predicted molar refractivity (Wildman–Crippen MR) is 35.4 cm³/mol. The van der Waals surface area contributed by atoms with E-state index < -0.39 is 0 Å². The zero-order chi connectivity index (χ0) is 5.86. The number of carbonyl (C=O) groups excluding carboxylic acids is 1. The summed E-state index contributed by atoms with van der Waals surface area (Å²) in [4.78, 5) is 10.2. The number of hydrogen-bond donors (Lipinski definition) is 0. The van der Waals surface area contributed by atoms with Crippen molar-refractivity contribution < 1.29 is 9.53 Å². The molecule has 0 aliphatic heterocycles. The normalized spacial score (nSPS) is 6.75. The minimum atomic E-state index is -0.347. The van der Waals surface area contributed by atoms with Crippen molar-refractivity contribution in [3.63, 3.8) is 0 Å². The first kappa shape index (κ1) is 11.0. The first-order chi connectivity index (χ1) is 3.18. The van der Waals surface area contributed by atoms with Crippen LogP contribution in [0.5, 0.6) is 0 Å². The number of rotatable bonds is 1. The van der Waals surface area contributed by atoms with Crippen molar-refractivity contribution in [2.45, 2.75) is 6.92 Å². The fourth-order valence-corrected chi connectivity index (χ4v) is 0.174. The van der Waals surface area contributed by atoms with Crippen molar-refractivity contribution in [1.82, 2.24) is 0 Å². The molecule has 3 heteroatoms. The molecule has 2 radical (unpaired) electrons. The van der Waals surface area contributed by atoms with Crippen LogP contribution in [0, 0.1) is 0 Å². The topological polar surface area (TPSA) is 26.3 Å². The fraction of sp³-hybridized carbons (Fsp3) is 0.400. The monoisotopic (exact) mass is 310 g/mol. The van der Waals surface area contributed by atoms with Gasteiger partial charge >= 0.3 is 33.3 Å². The molecule has 0 saturated carbocycles. The molecule has 46 valence electrons. The van der Waals surface area contributed by atoms with Crippen LogP contribution < -0.4 is 0 Å². The summed E-state index contributed by atoms with van der Waals surface area (Å²) in [6.07, 6.45) is 0. The summed E-state index contributed by atoms with van der Waals surface area (Å²) in [5.74, 6) is -0.347. The van der Waals surface area contributed by atoms with Crippen molar-refractivity contribution >= 4 is 33.3 Å². The van der Waals surface area contributed by atoms with Crippen molar-refractivity contribution in [1.29, 1.82) is 0 Å². The Balaban J connectivity index is 0. The fourth-order valence-electron chi connectivity index (χ4n) is 0.174. The molecule has 0 aliphatic rings. The predicted octanol–water partition coefficient (Wildman–Crippen LogP) is -0.181. The van der Waals surface area contributed by atoms with Gasteiger partial charge in [-0.3, -0.25) is 0 Å². The molecule has 0 amide bonds. The van der Waals surface area contributed by atoms with Gasteiger partial charge in [-0.25, -0.2) is 4.79 Å². The molecule has 0 aliphatic carbocycles. The van der Waals surface area contributed by atoms with Crippen molar-refractivity contribution in [2.24, 2.45) is 0 Å². The van der Waals surface area contributed by atoms with Gasteiger partial charge in [0, 0.05) is 5.57 Å². The molecular weight excluding hydrogens is 299 g/mol. The maximum absolute atomic E-state index is 10.2. The Kier molecular flexibility index (Phi) is 7.25. The Morgan fingerprint density at radius 2 is 2.00 bits per heavy atom. The van der Waals surface area contributed by atoms with Crippen LogP contribution in [0.25, 0.3) is 0 Å². The van der Waals surface area contributed by atoms with Crippen molar-refractivity contribution in [2.75, 3.05) is 7.11 Å². The standard InChI is InChI=1S/C5H8O2.Pb.2H/c1-4(2)5(6)7-3;;;/h1H2,2-3H3;;;. The van der Waals surface area contributed by atoms with Gasteiger partial charge in [-0.15, -0.1) is 0 Å². The van der Waals surface area contributed by atoms with Gasteiger partial charge in [0.25, 0.3) is 0 Å². The Labute approximate surface area is 69.1 Å². The number of esters is 1. The summed E-state index contributed by atoms with van der Waals surface area (Å²) in [5, 5.41) is 0. The first-order valence-electron chi connectivity index (χ1n) is 1.92. The van der Waals surface area contributed by atoms with Crippen LogP contribution >= 0.6 is 0 Å². The van der Waals surface area contributed by atoms with Gasteiger partial charge in [-0.1, -0.05) is 6.58 Å². The number of methoxy groups -OCH3 is 1. The molecule has 0 aromatic rings. The Hall–Kier alpha value is 0.132. The van der Waals surface area contributed by atoms with Crippen LogP contribution in [0.2, 0.25) is 0 Å². The van der Waals surface area contributed by atoms with E-state index in [2.05, 4.69) is 11.3 Å². The van der Waals surface area contributed by atoms with E-state index in [1.165, 1.54) is 7.11 Å². The number of hydrogen-bond acceptors (Lipinski definition) is 2. The van der Waals surface area contributed by atoms with E-state index >= 15 is 0 Å². The average Bonchev–Trinajstić information content (AvgIpc) is 1.65. The summed E-state index contributed by atoms with van der Waals surface area (Å²) in [6.45, 7) is 4.95. The van der Waals surface area contributed by atoms with E-state index in [-0.39, 0.29) is 33.3 Å². The van der Waals surface area contributed by atoms with Crippen LogP contribution in [0.4, 0.5) is 0 Å². The van der Waals surface area contributed by atoms with E-state index in [0.717, 1.165) is 0 Å². The second-order valence-corrected chi connectivity index (χ2v) is 1.27. The minimum absolute atomic E-state index is 0. The van der Waals surface area contributed by atoms with Crippen molar-refractivity contribution in [3.05, 3.63) is 12.2 Å². The molecule has 0 aromatic carbocycles. The van der Waals surface area contributed by atoms with Crippen LogP contribution in [0.15, 0.2) is 12.2 Å². The van der Waals surface area contributed by atoms with Crippen LogP contribution in [0.1, 0.15) is 6.92 Å². The van der Waals surface area contributed by atoms with Gasteiger partial charge in [0.2, 0.25) is 0 Å². The third kappa shape index (κ3) is 4.30. The van der Waals surface area contributed by atoms with Crippen LogP contribution in [-0.4, -0.2) is 40.4 Å². The second-order valence-electron chi connectivity index (χ2n) is 1.27. The summed E-state index contributed by atoms with van der Waals surface area (Å²) in [7, 11) is 1.33. The summed E-state index contributed by atoms with van der Waals surface area (Å²) in [6, 6.07) is 0. The molecule has 0 aromatic heterocycles. The molecule has 0 bridgehead atoms. The molecule has 0 fully saturated rings. The van der Waals surface area contributed by atoms with Gasteiger partial charge in [-0.05, 0) is 6.92 Å². The maximum atomic E-state index is 10.2. The number of ether oxygens (including phenoxy) is 1. The van der Waals surface area contributed by atoms with Crippen molar-refractivity contribution in [3.8, 4) is 0 Å². The van der Waals surface area contributed by atoms with E-state index in [1.807, 2.05) is 0 Å². The van der Waals surface area contributed by atoms with E-state index in [9.17, 15) is 4.79 Å². The molecule has 0 heterocycles. The summed E-state index contributed by atoms with van der Waals surface area (Å²) in [5.41, 5.74) is 0.433. The van der Waals surface area contributed by atoms with E-state index in [4.69, 9.17) is 0 Å². The van der Waals surface area contributed by atoms with Gasteiger partial charge in [0.15, 0.2) is 0 Å². The van der Waals surface area contributed by atoms with Crippen LogP contribution in [0.3, 0.4) is 0 Å². The second kappa shape index (κ2) is 5.27. The third-order valence-electron chi connectivity index (χ3n) is 0.534. The molecule has 0 rings (SSSR count). The zero-order valence-corrected chi connectivity index (χ0v) is 10.7. The van der Waals surface area contributed by atoms with E-state index in [1.54, 1.807) is 6.92 Å². The molecule has 0 N–H and O–H groups in total. The Morgan fingerprint density at radius 3 is 2.00 bits per heavy atom. The molecular formula is C5H10O2Pb. The Morgan fingerprint density at radius 1 is 1.62 bits per heavy atom. The van der Waals surface area contributed by atoms with Gasteiger partial charge in [0.1, 0.15) is 0 Å². The van der Waals surface area contributed by atoms with Gasteiger partial charge < -0.3 is 4.74 Å². The molecule has 0 spiro atoms. The SMILES string of the molecule is C=C(C)C(=O)OC.[PbH2]. The van der Waals surface area contributed by atoms with Gasteiger partial charge in [0.05, 0.1) is 7.11 Å². The average molecular weight is 309 g/mol. The third-order valence-corrected chi connectivity index (χ3v) is 0.534. The first-order valence-corrected chi connectivity index (χ1v) is 1.92. The molecule has 0 atom stereocenters. The molecule has 2 nitrogen and oxygen atoms in total. The molecule has 8 heavy (non-hydrogen) atoms. The summed E-state index contributed by atoms with van der Waals surface area (Å²) < 4.78 is 4.27. The summed E-state index contributed by atoms with van der Waals surface area (Å²) >= 11 is 0. The molecule has 0 unspecified atom stereocenters.